The van der Waals surface area contributed by atoms with Gasteiger partial charge >= 0.3 is 0 Å². The summed E-state index contributed by atoms with van der Waals surface area (Å²) in [6, 6.07) is 26.0. The summed E-state index contributed by atoms with van der Waals surface area (Å²) in [6.45, 7) is 2.48. The van der Waals surface area contributed by atoms with Gasteiger partial charge in [0, 0.05) is 23.5 Å². The molecule has 1 aromatic heterocycles. The van der Waals surface area contributed by atoms with Crippen molar-refractivity contribution < 1.29 is 14.8 Å². The molecule has 5 rings (SSSR count). The first-order valence-corrected chi connectivity index (χ1v) is 11.8. The van der Waals surface area contributed by atoms with Gasteiger partial charge in [0.25, 0.3) is 5.91 Å². The maximum absolute atomic E-state index is 13.3. The summed E-state index contributed by atoms with van der Waals surface area (Å²) in [5.74, 6) is -0.350. The molecule has 0 spiro atoms. The second kappa shape index (κ2) is 9.54. The summed E-state index contributed by atoms with van der Waals surface area (Å²) in [6.07, 6.45) is 0.652. The predicted octanol–water partition coefficient (Wildman–Crippen LogP) is 4.56. The van der Waals surface area contributed by atoms with Crippen LogP contribution in [0.15, 0.2) is 84.9 Å². The number of carbonyl (C=O) groups is 2. The number of nitrogens with zero attached hydrogens (tertiary/aromatic N) is 2. The van der Waals surface area contributed by atoms with Crippen LogP contribution in [0.2, 0.25) is 0 Å². The van der Waals surface area contributed by atoms with Crippen molar-refractivity contribution in [1.82, 2.24) is 4.73 Å². The molecule has 1 aliphatic heterocycles. The molecule has 4 aromatic rings. The Morgan fingerprint density at radius 2 is 1.78 bits per heavy atom. The first kappa shape index (κ1) is 23.1. The number of hydrogen-bond donors (Lipinski definition) is 3. The van der Waals surface area contributed by atoms with Crippen LogP contribution in [0.1, 0.15) is 27.2 Å². The molecule has 0 unspecified atom stereocenters. The maximum Gasteiger partial charge on any atom is 0.256 e. The highest BCUT2D eigenvalue weighted by molar-refractivity contribution is 6.09. The van der Waals surface area contributed by atoms with E-state index in [1.54, 1.807) is 23.1 Å². The molecule has 180 valence electrons. The fourth-order valence-electron chi connectivity index (χ4n) is 4.58. The van der Waals surface area contributed by atoms with E-state index in [0.717, 1.165) is 32.7 Å². The van der Waals surface area contributed by atoms with Gasteiger partial charge in [-0.1, -0.05) is 54.1 Å². The van der Waals surface area contributed by atoms with Crippen molar-refractivity contribution >= 4 is 23.2 Å². The summed E-state index contributed by atoms with van der Waals surface area (Å²) < 4.78 is 0.725. The maximum atomic E-state index is 13.3. The number of rotatable bonds is 5. The Hall–Kier alpha value is -4.65. The molecule has 0 atom stereocenters. The van der Waals surface area contributed by atoms with Crippen LogP contribution in [0.5, 0.6) is 0 Å². The van der Waals surface area contributed by atoms with Gasteiger partial charge in [-0.15, -0.1) is 0 Å². The highest BCUT2D eigenvalue weighted by Crippen LogP contribution is 2.32. The van der Waals surface area contributed by atoms with Crippen molar-refractivity contribution in [2.75, 3.05) is 16.8 Å². The van der Waals surface area contributed by atoms with E-state index in [-0.39, 0.29) is 23.7 Å². The summed E-state index contributed by atoms with van der Waals surface area (Å²) >= 11 is 0. The monoisotopic (exact) mass is 478 g/mol. The Bertz CT molecular complexity index is 1530. The van der Waals surface area contributed by atoms with Crippen LogP contribution >= 0.6 is 0 Å². The number of nitrogens with one attached hydrogen (secondary N) is 2. The second-order valence-electron chi connectivity index (χ2n) is 8.90. The van der Waals surface area contributed by atoms with Crippen molar-refractivity contribution in [3.63, 3.8) is 0 Å². The summed E-state index contributed by atoms with van der Waals surface area (Å²) in [5, 5.41) is 20.7. The third-order valence-corrected chi connectivity index (χ3v) is 6.41. The molecule has 7 heteroatoms. The van der Waals surface area contributed by atoms with Crippen molar-refractivity contribution in [2.45, 2.75) is 19.8 Å². The van der Waals surface area contributed by atoms with Gasteiger partial charge in [0.15, 0.2) is 5.49 Å². The Morgan fingerprint density at radius 1 is 0.972 bits per heavy atom. The Kier molecular flexibility index (Phi) is 6.12. The van der Waals surface area contributed by atoms with Crippen LogP contribution < -0.4 is 15.7 Å². The van der Waals surface area contributed by atoms with Gasteiger partial charge in [0.05, 0.1) is 12.1 Å². The number of aromatic nitrogens is 1. The predicted molar refractivity (Wildman–Crippen MR) is 138 cm³/mol. The first-order valence-electron chi connectivity index (χ1n) is 11.8. The van der Waals surface area contributed by atoms with E-state index in [4.69, 9.17) is 5.41 Å². The summed E-state index contributed by atoms with van der Waals surface area (Å²) in [4.78, 5) is 27.9. The fraction of sp³-hybridized carbons (Fsp3) is 0.138. The number of amides is 2. The number of fused-ring (bicyclic) bond motifs is 1. The molecule has 3 N–H and O–H groups in total. The Labute approximate surface area is 208 Å². The molecule has 36 heavy (non-hydrogen) atoms. The smallest absolute Gasteiger partial charge is 0.256 e. The summed E-state index contributed by atoms with van der Waals surface area (Å²) in [7, 11) is 0. The first-order chi connectivity index (χ1) is 17.4. The average Bonchev–Trinajstić information content (AvgIpc) is 3.31. The molecule has 0 bridgehead atoms. The van der Waals surface area contributed by atoms with E-state index in [1.165, 1.54) is 6.07 Å². The number of anilines is 2. The normalized spacial score (nSPS) is 12.3. The zero-order valence-corrected chi connectivity index (χ0v) is 19.9. The van der Waals surface area contributed by atoms with Gasteiger partial charge in [-0.25, -0.2) is 0 Å². The van der Waals surface area contributed by atoms with Crippen LogP contribution in [-0.2, 0) is 17.6 Å². The van der Waals surface area contributed by atoms with Crippen LogP contribution in [0.4, 0.5) is 11.4 Å². The largest absolute Gasteiger partial charge is 0.427 e. The lowest BCUT2D eigenvalue weighted by atomic mass is 9.97. The third kappa shape index (κ3) is 4.51. The van der Waals surface area contributed by atoms with Crippen LogP contribution in [0.3, 0.4) is 0 Å². The highest BCUT2D eigenvalue weighted by Gasteiger charge is 2.26. The molecule has 2 heterocycles. The Morgan fingerprint density at radius 3 is 2.58 bits per heavy atom. The second-order valence-corrected chi connectivity index (χ2v) is 8.90. The molecule has 0 saturated carbocycles. The number of benzene rings is 3. The number of hydrogen-bond acceptors (Lipinski definition) is 4. The molecular formula is C29H26N4O3. The van der Waals surface area contributed by atoms with Crippen LogP contribution in [-0.4, -0.2) is 28.3 Å². The van der Waals surface area contributed by atoms with Gasteiger partial charge < -0.3 is 15.4 Å². The van der Waals surface area contributed by atoms with E-state index < -0.39 is 0 Å². The minimum atomic E-state index is -0.189. The van der Waals surface area contributed by atoms with Crippen molar-refractivity contribution in [1.29, 1.82) is 5.41 Å². The lowest BCUT2D eigenvalue weighted by molar-refractivity contribution is -0.118. The number of pyridine rings is 1. The quantitative estimate of drug-likeness (QED) is 0.367. The molecule has 3 aromatic carbocycles. The van der Waals surface area contributed by atoms with Crippen LogP contribution in [0, 0.1) is 12.3 Å². The third-order valence-electron chi connectivity index (χ3n) is 6.41. The van der Waals surface area contributed by atoms with Gasteiger partial charge in [-0.3, -0.25) is 15.0 Å². The van der Waals surface area contributed by atoms with Crippen molar-refractivity contribution in [3.05, 3.63) is 113 Å². The zero-order chi connectivity index (χ0) is 25.2. The van der Waals surface area contributed by atoms with Gasteiger partial charge in [-0.2, -0.15) is 4.73 Å². The van der Waals surface area contributed by atoms with Gasteiger partial charge in [0.2, 0.25) is 5.91 Å². The van der Waals surface area contributed by atoms with Crippen molar-refractivity contribution in [3.8, 4) is 11.1 Å². The molecule has 7 nitrogen and oxygen atoms in total. The molecule has 1 aliphatic rings. The lowest BCUT2D eigenvalue weighted by Gasteiger charge is -2.18. The molecule has 0 aliphatic carbocycles. The topological polar surface area (TPSA) is 98.4 Å². The Balaban J connectivity index is 1.35. The average molecular weight is 479 g/mol. The number of carbonyl (C=O) groups excluding carboxylic acids is 2. The van der Waals surface area contributed by atoms with Crippen molar-refractivity contribution in [2.24, 2.45) is 0 Å². The number of aryl methyl sites for hydroxylation is 1. The van der Waals surface area contributed by atoms with Crippen LogP contribution in [0.25, 0.3) is 11.1 Å². The lowest BCUT2D eigenvalue weighted by Crippen LogP contribution is -2.32. The molecule has 0 radical (unpaired) electrons. The summed E-state index contributed by atoms with van der Waals surface area (Å²) in [5.41, 5.74) is 6.17. The highest BCUT2D eigenvalue weighted by atomic mass is 16.5. The SMILES string of the molecule is Cc1ccc(-c2ccccc2)c(C(=O)Nc2ccc3c(c2)CCN3C(=O)Cc2cccc(=N)n2O)c1. The van der Waals surface area contributed by atoms with Gasteiger partial charge in [0.1, 0.15) is 0 Å². The molecule has 0 fully saturated rings. The van der Waals surface area contributed by atoms with E-state index >= 15 is 0 Å². The molecule has 0 saturated heterocycles. The minimum Gasteiger partial charge on any atom is -0.427 e. The van der Waals surface area contributed by atoms with E-state index in [1.807, 2.05) is 67.6 Å². The fourth-order valence-corrected chi connectivity index (χ4v) is 4.58. The van der Waals surface area contributed by atoms with E-state index in [0.29, 0.717) is 29.9 Å². The molecule has 2 amide bonds. The zero-order valence-electron chi connectivity index (χ0n) is 19.9. The minimum absolute atomic E-state index is 0.0171. The molecular weight excluding hydrogens is 452 g/mol. The van der Waals surface area contributed by atoms with E-state index in [9.17, 15) is 14.8 Å². The standard InChI is InChI=1S/C29H26N4O3/c1-19-10-12-24(20-6-3-2-4-7-20)25(16-19)29(35)31-22-11-13-26-21(17-22)14-15-32(26)28(34)18-23-8-5-9-27(30)33(23)36/h2-13,16-17,30,36H,14-15,18H2,1H3,(H,31,35). The van der Waals surface area contributed by atoms with Gasteiger partial charge in [-0.05, 0) is 66.4 Å². The van der Waals surface area contributed by atoms with E-state index in [2.05, 4.69) is 5.32 Å².